The molecule has 2 N–H and O–H groups in total. The highest BCUT2D eigenvalue weighted by Gasteiger charge is 2.20. The van der Waals surface area contributed by atoms with Crippen molar-refractivity contribution < 1.29 is 19.6 Å². The number of nitrogens with zero attached hydrogens (tertiary/aromatic N) is 1. The van der Waals surface area contributed by atoms with Gasteiger partial charge in [-0.3, -0.25) is 14.9 Å². The van der Waals surface area contributed by atoms with Crippen molar-refractivity contribution in [2.24, 2.45) is 0 Å². The first-order valence-electron chi connectivity index (χ1n) is 5.85. The van der Waals surface area contributed by atoms with Gasteiger partial charge in [0.1, 0.15) is 11.3 Å². The Hall–Kier alpha value is -1.58. The van der Waals surface area contributed by atoms with Crippen molar-refractivity contribution in [1.82, 2.24) is 5.32 Å². The van der Waals surface area contributed by atoms with Crippen molar-refractivity contribution in [3.8, 4) is 0 Å². The number of aromatic carboxylic acids is 1. The Labute approximate surface area is 129 Å². The molecule has 0 aliphatic rings. The zero-order chi connectivity index (χ0) is 16.0. The van der Waals surface area contributed by atoms with Crippen molar-refractivity contribution >= 4 is 39.0 Å². The summed E-state index contributed by atoms with van der Waals surface area (Å²) >= 11 is 0. The van der Waals surface area contributed by atoms with E-state index in [-0.39, 0.29) is 17.4 Å². The van der Waals surface area contributed by atoms with Crippen LogP contribution >= 0.6 is 21.6 Å². The van der Waals surface area contributed by atoms with Crippen molar-refractivity contribution in [2.75, 3.05) is 12.8 Å². The number of carbonyl (C=O) groups excluding carboxylic acids is 1. The van der Waals surface area contributed by atoms with Gasteiger partial charge in [-0.15, -0.1) is 0 Å². The second-order valence-electron chi connectivity index (χ2n) is 4.06. The lowest BCUT2D eigenvalue weighted by Crippen LogP contribution is -2.34. The second kappa shape index (κ2) is 8.01. The fourth-order valence-electron chi connectivity index (χ4n) is 1.47. The molecule has 1 aromatic rings. The molecule has 9 heteroatoms. The minimum Gasteiger partial charge on any atom is -0.477 e. The first-order valence-corrected chi connectivity index (χ1v) is 8.17. The maximum Gasteiger partial charge on any atom is 0.342 e. The highest BCUT2D eigenvalue weighted by molar-refractivity contribution is 8.76. The SMILES string of the molecule is CNC(CSSc1ccc([N+](=O)[O-])c(C(=O)O)c1)C(C)=O. The summed E-state index contributed by atoms with van der Waals surface area (Å²) < 4.78 is 0. The van der Waals surface area contributed by atoms with Crippen LogP contribution in [0.15, 0.2) is 23.1 Å². The number of carbonyl (C=O) groups is 2. The van der Waals surface area contributed by atoms with Gasteiger partial charge < -0.3 is 10.4 Å². The molecule has 7 nitrogen and oxygen atoms in total. The Kier molecular flexibility index (Phi) is 6.66. The molecule has 0 aliphatic heterocycles. The van der Waals surface area contributed by atoms with Crippen LogP contribution in [-0.2, 0) is 4.79 Å². The van der Waals surface area contributed by atoms with E-state index in [2.05, 4.69) is 5.32 Å². The van der Waals surface area contributed by atoms with Crippen LogP contribution in [0.1, 0.15) is 17.3 Å². The molecular formula is C12H14N2O5S2. The van der Waals surface area contributed by atoms with E-state index < -0.39 is 16.6 Å². The molecule has 0 saturated carbocycles. The number of hydrogen-bond donors (Lipinski definition) is 2. The average molecular weight is 330 g/mol. The summed E-state index contributed by atoms with van der Waals surface area (Å²) in [6.45, 7) is 1.49. The predicted octanol–water partition coefficient (Wildman–Crippen LogP) is 2.21. The van der Waals surface area contributed by atoms with E-state index in [4.69, 9.17) is 5.11 Å². The van der Waals surface area contributed by atoms with Gasteiger partial charge in [0, 0.05) is 16.7 Å². The number of nitro groups is 1. The van der Waals surface area contributed by atoms with Crippen molar-refractivity contribution in [3.05, 3.63) is 33.9 Å². The Bertz CT molecular complexity index is 565. The van der Waals surface area contributed by atoms with Crippen LogP contribution in [0.4, 0.5) is 5.69 Å². The molecule has 114 valence electrons. The highest BCUT2D eigenvalue weighted by Crippen LogP contribution is 2.34. The minimum atomic E-state index is -1.34. The smallest absolute Gasteiger partial charge is 0.342 e. The molecule has 1 atom stereocenters. The Morgan fingerprint density at radius 2 is 2.14 bits per heavy atom. The van der Waals surface area contributed by atoms with Gasteiger partial charge in [-0.2, -0.15) is 0 Å². The molecule has 0 amide bonds. The summed E-state index contributed by atoms with van der Waals surface area (Å²) in [6, 6.07) is 3.65. The standard InChI is InChI=1S/C12H14N2O5S2/c1-7(15)10(13-2)6-20-21-8-3-4-11(14(18)19)9(5-8)12(16)17/h3-5,10,13H,6H2,1-2H3,(H,16,17). The first-order chi connectivity index (χ1) is 9.86. The lowest BCUT2D eigenvalue weighted by Gasteiger charge is -2.11. The summed E-state index contributed by atoms with van der Waals surface area (Å²) in [5.41, 5.74) is -0.781. The van der Waals surface area contributed by atoms with Crippen LogP contribution in [0.5, 0.6) is 0 Å². The fourth-order valence-corrected chi connectivity index (χ4v) is 3.83. The van der Waals surface area contributed by atoms with Crippen LogP contribution in [-0.4, -0.2) is 40.6 Å². The van der Waals surface area contributed by atoms with Gasteiger partial charge in [-0.05, 0) is 26.1 Å². The number of carboxylic acid groups (broad SMARTS) is 1. The third-order valence-corrected chi connectivity index (χ3v) is 5.00. The van der Waals surface area contributed by atoms with E-state index >= 15 is 0 Å². The van der Waals surface area contributed by atoms with E-state index in [0.29, 0.717) is 10.6 Å². The van der Waals surface area contributed by atoms with Crippen LogP contribution in [0, 0.1) is 10.1 Å². The summed E-state index contributed by atoms with van der Waals surface area (Å²) in [4.78, 5) is 32.9. The number of benzene rings is 1. The van der Waals surface area contributed by atoms with Gasteiger partial charge in [0.25, 0.3) is 5.69 Å². The zero-order valence-corrected chi connectivity index (χ0v) is 13.0. The van der Waals surface area contributed by atoms with Gasteiger partial charge in [0.2, 0.25) is 0 Å². The molecule has 0 saturated heterocycles. The van der Waals surface area contributed by atoms with Gasteiger partial charge in [0.05, 0.1) is 11.0 Å². The van der Waals surface area contributed by atoms with Gasteiger partial charge in [-0.1, -0.05) is 21.6 Å². The lowest BCUT2D eigenvalue weighted by molar-refractivity contribution is -0.385. The van der Waals surface area contributed by atoms with Gasteiger partial charge in [-0.25, -0.2) is 4.79 Å². The monoisotopic (exact) mass is 330 g/mol. The number of likely N-dealkylation sites (N-methyl/N-ethyl adjacent to an activating group) is 1. The van der Waals surface area contributed by atoms with E-state index in [1.165, 1.54) is 46.7 Å². The molecule has 0 bridgehead atoms. The molecule has 1 aromatic carbocycles. The number of hydrogen-bond acceptors (Lipinski definition) is 7. The van der Waals surface area contributed by atoms with Crippen molar-refractivity contribution in [1.29, 1.82) is 0 Å². The van der Waals surface area contributed by atoms with E-state index in [0.717, 1.165) is 0 Å². The van der Waals surface area contributed by atoms with Crippen molar-refractivity contribution in [2.45, 2.75) is 17.9 Å². The van der Waals surface area contributed by atoms with Gasteiger partial charge in [0.15, 0.2) is 0 Å². The molecule has 0 fully saturated rings. The van der Waals surface area contributed by atoms with Gasteiger partial charge >= 0.3 is 5.97 Å². The third kappa shape index (κ3) is 5.03. The molecule has 0 radical (unpaired) electrons. The molecule has 0 aliphatic carbocycles. The number of ketones is 1. The summed E-state index contributed by atoms with van der Waals surface area (Å²) in [6.07, 6.45) is 0. The maximum atomic E-state index is 11.2. The maximum absolute atomic E-state index is 11.2. The molecule has 21 heavy (non-hydrogen) atoms. The number of nitro benzene ring substituents is 1. The molecular weight excluding hydrogens is 316 g/mol. The van der Waals surface area contributed by atoms with E-state index in [1.807, 2.05) is 0 Å². The molecule has 0 spiro atoms. The highest BCUT2D eigenvalue weighted by atomic mass is 33.1. The third-order valence-electron chi connectivity index (χ3n) is 2.62. The zero-order valence-electron chi connectivity index (χ0n) is 11.4. The summed E-state index contributed by atoms with van der Waals surface area (Å²) in [7, 11) is 4.33. The quantitative estimate of drug-likeness (QED) is 0.424. The summed E-state index contributed by atoms with van der Waals surface area (Å²) in [5.74, 6) is -0.817. The summed E-state index contributed by atoms with van der Waals surface area (Å²) in [5, 5.41) is 22.6. The minimum absolute atomic E-state index is 0.0144. The first kappa shape index (κ1) is 17.5. The number of rotatable bonds is 8. The molecule has 0 aromatic heterocycles. The molecule has 0 heterocycles. The number of nitrogens with one attached hydrogen (secondary N) is 1. The van der Waals surface area contributed by atoms with E-state index in [9.17, 15) is 19.7 Å². The van der Waals surface area contributed by atoms with Crippen LogP contribution in [0.25, 0.3) is 0 Å². The predicted molar refractivity (Wildman–Crippen MR) is 81.9 cm³/mol. The average Bonchev–Trinajstić information content (AvgIpc) is 2.42. The van der Waals surface area contributed by atoms with Crippen molar-refractivity contribution in [3.63, 3.8) is 0 Å². The lowest BCUT2D eigenvalue weighted by atomic mass is 10.2. The Morgan fingerprint density at radius 1 is 1.48 bits per heavy atom. The Balaban J connectivity index is 2.77. The van der Waals surface area contributed by atoms with E-state index in [1.54, 1.807) is 7.05 Å². The number of carboxylic acids is 1. The fraction of sp³-hybridized carbons (Fsp3) is 0.333. The van der Waals surface area contributed by atoms with Crippen LogP contribution in [0.2, 0.25) is 0 Å². The normalized spacial score (nSPS) is 11.9. The molecule has 1 rings (SSSR count). The number of Topliss-reactive ketones (excluding diaryl/α,β-unsaturated/α-hetero) is 1. The van der Waals surface area contributed by atoms with Crippen LogP contribution < -0.4 is 5.32 Å². The largest absolute Gasteiger partial charge is 0.477 e. The Morgan fingerprint density at radius 3 is 2.62 bits per heavy atom. The van der Waals surface area contributed by atoms with Crippen LogP contribution in [0.3, 0.4) is 0 Å². The topological polar surface area (TPSA) is 110 Å². The molecule has 1 unspecified atom stereocenters. The second-order valence-corrected chi connectivity index (χ2v) is 6.48.